The molecule has 0 amide bonds. The normalized spacial score (nSPS) is 10.4. The third-order valence-corrected chi connectivity index (χ3v) is 2.37. The minimum atomic E-state index is -3.07. The van der Waals surface area contributed by atoms with Gasteiger partial charge in [0.2, 0.25) is 0 Å². The quantitative estimate of drug-likeness (QED) is 0.790. The Morgan fingerprint density at radius 3 is 2.38 bits per heavy atom. The molecule has 0 aromatic heterocycles. The van der Waals surface area contributed by atoms with Gasteiger partial charge in [0.25, 0.3) is 0 Å². The fourth-order valence-electron chi connectivity index (χ4n) is 0.992. The number of hydrogen-bond acceptors (Lipinski definition) is 3. The van der Waals surface area contributed by atoms with Crippen LogP contribution < -0.4 is 4.74 Å². The second-order valence-electron chi connectivity index (χ2n) is 2.63. The molecule has 0 aliphatic heterocycles. The Balaban J connectivity index is 3.21. The molecule has 0 spiro atoms. The van der Waals surface area contributed by atoms with Gasteiger partial charge in [-0.2, -0.15) is 8.78 Å². The van der Waals surface area contributed by atoms with Crippen molar-refractivity contribution >= 4 is 29.2 Å². The Bertz CT molecular complexity index is 410. The first-order valence-corrected chi connectivity index (χ1v) is 4.73. The molecule has 1 aromatic rings. The van der Waals surface area contributed by atoms with Crippen molar-refractivity contribution in [2.75, 3.05) is 7.11 Å². The van der Waals surface area contributed by atoms with Crippen LogP contribution in [0.5, 0.6) is 5.75 Å². The maximum atomic E-state index is 12.0. The van der Waals surface area contributed by atoms with Crippen molar-refractivity contribution in [1.82, 2.24) is 0 Å². The molecule has 0 radical (unpaired) electrons. The molecule has 3 nitrogen and oxygen atoms in total. The van der Waals surface area contributed by atoms with E-state index in [2.05, 4.69) is 9.47 Å². The van der Waals surface area contributed by atoms with Gasteiger partial charge in [-0.05, 0) is 6.07 Å². The van der Waals surface area contributed by atoms with E-state index in [4.69, 9.17) is 23.2 Å². The second-order valence-corrected chi connectivity index (χ2v) is 3.45. The van der Waals surface area contributed by atoms with Crippen LogP contribution >= 0.6 is 23.2 Å². The van der Waals surface area contributed by atoms with Crippen LogP contribution in [0.4, 0.5) is 8.78 Å². The first-order valence-electron chi connectivity index (χ1n) is 3.98. The summed E-state index contributed by atoms with van der Waals surface area (Å²) in [4.78, 5) is 11.2. The first kappa shape index (κ1) is 13.0. The summed E-state index contributed by atoms with van der Waals surface area (Å²) in [5, 5.41) is 0.0497. The van der Waals surface area contributed by atoms with Crippen LogP contribution in [0.15, 0.2) is 12.1 Å². The largest absolute Gasteiger partial charge is 0.465 e. The predicted octanol–water partition coefficient (Wildman–Crippen LogP) is 3.38. The van der Waals surface area contributed by atoms with E-state index >= 15 is 0 Å². The summed E-state index contributed by atoms with van der Waals surface area (Å²) in [6, 6.07) is 2.13. The lowest BCUT2D eigenvalue weighted by Crippen LogP contribution is -2.09. The SMILES string of the molecule is COC(=O)c1cc(Cl)c(Cl)cc1OC(F)F. The third kappa shape index (κ3) is 2.96. The fourth-order valence-corrected chi connectivity index (χ4v) is 1.31. The minimum Gasteiger partial charge on any atom is -0.465 e. The van der Waals surface area contributed by atoms with E-state index in [1.54, 1.807) is 0 Å². The Kier molecular flexibility index (Phi) is 4.32. The molecule has 0 heterocycles. The smallest absolute Gasteiger partial charge is 0.387 e. The molecule has 0 unspecified atom stereocenters. The number of esters is 1. The van der Waals surface area contributed by atoms with E-state index in [-0.39, 0.29) is 21.4 Å². The molecular weight excluding hydrogens is 265 g/mol. The molecule has 0 fully saturated rings. The van der Waals surface area contributed by atoms with Gasteiger partial charge in [0, 0.05) is 6.07 Å². The van der Waals surface area contributed by atoms with Gasteiger partial charge < -0.3 is 9.47 Å². The summed E-state index contributed by atoms with van der Waals surface area (Å²) in [5.41, 5.74) is -0.211. The van der Waals surface area contributed by atoms with Crippen molar-refractivity contribution in [1.29, 1.82) is 0 Å². The van der Waals surface area contributed by atoms with Gasteiger partial charge in [0.05, 0.1) is 17.2 Å². The molecule has 0 aliphatic carbocycles. The highest BCUT2D eigenvalue weighted by molar-refractivity contribution is 6.42. The third-order valence-electron chi connectivity index (χ3n) is 1.64. The zero-order chi connectivity index (χ0) is 12.3. The maximum Gasteiger partial charge on any atom is 0.387 e. The lowest BCUT2D eigenvalue weighted by Gasteiger charge is -2.10. The number of halogens is 4. The first-order chi connectivity index (χ1) is 7.45. The predicted molar refractivity (Wildman–Crippen MR) is 54.4 cm³/mol. The number of carbonyl (C=O) groups is 1. The molecule has 16 heavy (non-hydrogen) atoms. The molecule has 1 aromatic carbocycles. The highest BCUT2D eigenvalue weighted by atomic mass is 35.5. The van der Waals surface area contributed by atoms with Crippen molar-refractivity contribution in [3.8, 4) is 5.75 Å². The van der Waals surface area contributed by atoms with Gasteiger partial charge in [-0.3, -0.25) is 0 Å². The molecule has 0 N–H and O–H groups in total. The summed E-state index contributed by atoms with van der Waals surface area (Å²) < 4.78 is 32.6. The van der Waals surface area contributed by atoms with Crippen molar-refractivity contribution in [2.45, 2.75) is 6.61 Å². The molecule has 0 aliphatic rings. The molecule has 0 saturated heterocycles. The van der Waals surface area contributed by atoms with Gasteiger partial charge in [-0.1, -0.05) is 23.2 Å². The Morgan fingerprint density at radius 2 is 1.88 bits per heavy atom. The van der Waals surface area contributed by atoms with Crippen molar-refractivity contribution < 1.29 is 23.0 Å². The number of hydrogen-bond donors (Lipinski definition) is 0. The van der Waals surface area contributed by atoms with E-state index in [0.717, 1.165) is 19.2 Å². The van der Waals surface area contributed by atoms with E-state index in [1.165, 1.54) is 0 Å². The van der Waals surface area contributed by atoms with E-state index < -0.39 is 12.6 Å². The van der Waals surface area contributed by atoms with Crippen LogP contribution in [-0.4, -0.2) is 19.7 Å². The van der Waals surface area contributed by atoms with Crippen molar-refractivity contribution in [3.05, 3.63) is 27.7 Å². The van der Waals surface area contributed by atoms with E-state index in [0.29, 0.717) is 0 Å². The Labute approximate surface area is 99.9 Å². The Morgan fingerprint density at radius 1 is 1.31 bits per heavy atom. The minimum absolute atomic E-state index is 0.00460. The lowest BCUT2D eigenvalue weighted by molar-refractivity contribution is -0.0503. The average molecular weight is 271 g/mol. The van der Waals surface area contributed by atoms with Crippen LogP contribution in [0.25, 0.3) is 0 Å². The van der Waals surface area contributed by atoms with Gasteiger partial charge in [-0.25, -0.2) is 4.79 Å². The van der Waals surface area contributed by atoms with Crippen LogP contribution in [0, 0.1) is 0 Å². The van der Waals surface area contributed by atoms with Crippen LogP contribution in [0.2, 0.25) is 10.0 Å². The topological polar surface area (TPSA) is 35.5 Å². The monoisotopic (exact) mass is 270 g/mol. The van der Waals surface area contributed by atoms with Gasteiger partial charge in [-0.15, -0.1) is 0 Å². The number of methoxy groups -OCH3 is 1. The number of carbonyl (C=O) groups excluding carboxylic acids is 1. The number of ether oxygens (including phenoxy) is 2. The van der Waals surface area contributed by atoms with Crippen LogP contribution in [0.3, 0.4) is 0 Å². The standard InChI is InChI=1S/C9H6Cl2F2O3/c1-15-8(14)4-2-5(10)6(11)3-7(4)16-9(12)13/h2-3,9H,1H3. The molecule has 7 heteroatoms. The van der Waals surface area contributed by atoms with E-state index in [1.807, 2.05) is 0 Å². The zero-order valence-electron chi connectivity index (χ0n) is 7.97. The molecule has 0 atom stereocenters. The molecule has 1 rings (SSSR count). The summed E-state index contributed by atoms with van der Waals surface area (Å²) in [5.74, 6) is -1.22. The number of alkyl halides is 2. The zero-order valence-corrected chi connectivity index (χ0v) is 9.48. The summed E-state index contributed by atoms with van der Waals surface area (Å²) in [7, 11) is 1.11. The summed E-state index contributed by atoms with van der Waals surface area (Å²) in [6.07, 6.45) is 0. The van der Waals surface area contributed by atoms with Gasteiger partial charge >= 0.3 is 12.6 Å². The van der Waals surface area contributed by atoms with Crippen molar-refractivity contribution in [2.24, 2.45) is 0 Å². The Hall–Kier alpha value is -1.07. The maximum absolute atomic E-state index is 12.0. The average Bonchev–Trinajstić information content (AvgIpc) is 2.21. The van der Waals surface area contributed by atoms with Gasteiger partial charge in [0.1, 0.15) is 11.3 Å². The van der Waals surface area contributed by atoms with Gasteiger partial charge in [0.15, 0.2) is 0 Å². The molecule has 0 saturated carbocycles. The second kappa shape index (κ2) is 5.32. The number of benzene rings is 1. The van der Waals surface area contributed by atoms with E-state index in [9.17, 15) is 13.6 Å². The van der Waals surface area contributed by atoms with Crippen molar-refractivity contribution in [3.63, 3.8) is 0 Å². The number of rotatable bonds is 3. The fraction of sp³-hybridized carbons (Fsp3) is 0.222. The summed E-state index contributed by atoms with van der Waals surface area (Å²) in [6.45, 7) is -3.07. The molecule has 88 valence electrons. The molecule has 0 bridgehead atoms. The lowest BCUT2D eigenvalue weighted by atomic mass is 10.2. The summed E-state index contributed by atoms with van der Waals surface area (Å²) >= 11 is 11.2. The molecular formula is C9H6Cl2F2O3. The van der Waals surface area contributed by atoms with Crippen LogP contribution in [0.1, 0.15) is 10.4 Å². The van der Waals surface area contributed by atoms with Crippen LogP contribution in [-0.2, 0) is 4.74 Å². The highest BCUT2D eigenvalue weighted by Crippen LogP contribution is 2.31. The highest BCUT2D eigenvalue weighted by Gasteiger charge is 2.18.